The van der Waals surface area contributed by atoms with Gasteiger partial charge >= 0.3 is 0 Å². The molecule has 0 radical (unpaired) electrons. The van der Waals surface area contributed by atoms with E-state index in [0.717, 1.165) is 12.1 Å². The molecule has 0 unspecified atom stereocenters. The van der Waals surface area contributed by atoms with E-state index in [9.17, 15) is 18.7 Å². The summed E-state index contributed by atoms with van der Waals surface area (Å²) in [5.41, 5.74) is -0.285. The van der Waals surface area contributed by atoms with Crippen molar-refractivity contribution in [3.05, 3.63) is 29.3 Å². The Labute approximate surface area is 116 Å². The van der Waals surface area contributed by atoms with E-state index in [1.54, 1.807) is 0 Å². The summed E-state index contributed by atoms with van der Waals surface area (Å²) in [6.07, 6.45) is 2.30. The largest absolute Gasteiger partial charge is 0.393 e. The molecule has 6 heteroatoms. The lowest BCUT2D eigenvalue weighted by atomic mass is 9.93. The third kappa shape index (κ3) is 3.25. The molecular formula is C14H18F2N2O2. The fraction of sp³-hybridized carbons (Fsp3) is 0.500. The molecule has 0 atom stereocenters. The van der Waals surface area contributed by atoms with Crippen LogP contribution >= 0.6 is 0 Å². The summed E-state index contributed by atoms with van der Waals surface area (Å²) >= 11 is 0. The summed E-state index contributed by atoms with van der Waals surface area (Å²) in [4.78, 5) is 12.0. The normalized spacial score (nSPS) is 22.4. The number of benzene rings is 1. The first-order valence-corrected chi connectivity index (χ1v) is 6.67. The monoisotopic (exact) mass is 284 g/mol. The summed E-state index contributed by atoms with van der Waals surface area (Å²) in [6, 6.07) is 1.98. The lowest BCUT2D eigenvalue weighted by Gasteiger charge is -2.26. The van der Waals surface area contributed by atoms with Gasteiger partial charge in [0, 0.05) is 18.7 Å². The minimum absolute atomic E-state index is 0.0369. The van der Waals surface area contributed by atoms with E-state index in [0.29, 0.717) is 25.7 Å². The summed E-state index contributed by atoms with van der Waals surface area (Å²) in [6.45, 7) is 0. The number of carbonyl (C=O) groups excluding carboxylic acids is 1. The van der Waals surface area contributed by atoms with Crippen molar-refractivity contribution in [1.82, 2.24) is 5.32 Å². The summed E-state index contributed by atoms with van der Waals surface area (Å²) < 4.78 is 27.2. The number of anilines is 1. The van der Waals surface area contributed by atoms with Gasteiger partial charge < -0.3 is 15.7 Å². The molecule has 0 saturated heterocycles. The van der Waals surface area contributed by atoms with E-state index in [1.807, 2.05) is 0 Å². The van der Waals surface area contributed by atoms with Crippen LogP contribution in [0.5, 0.6) is 0 Å². The first-order valence-electron chi connectivity index (χ1n) is 6.67. The van der Waals surface area contributed by atoms with Crippen molar-refractivity contribution in [2.75, 3.05) is 12.4 Å². The Morgan fingerprint density at radius 2 is 1.75 bits per heavy atom. The van der Waals surface area contributed by atoms with Crippen molar-refractivity contribution in [2.24, 2.45) is 0 Å². The zero-order valence-electron chi connectivity index (χ0n) is 11.2. The Morgan fingerprint density at radius 1 is 1.20 bits per heavy atom. The van der Waals surface area contributed by atoms with Crippen molar-refractivity contribution in [3.63, 3.8) is 0 Å². The van der Waals surface area contributed by atoms with E-state index in [1.165, 1.54) is 7.05 Å². The van der Waals surface area contributed by atoms with Crippen LogP contribution in [0.2, 0.25) is 0 Å². The quantitative estimate of drug-likeness (QED) is 0.796. The number of aliphatic hydroxyl groups excluding tert-OH is 1. The maximum Gasteiger partial charge on any atom is 0.251 e. The molecule has 1 saturated carbocycles. The molecule has 1 aliphatic rings. The maximum absolute atomic E-state index is 13.6. The van der Waals surface area contributed by atoms with Gasteiger partial charge in [-0.05, 0) is 37.8 Å². The van der Waals surface area contributed by atoms with Crippen LogP contribution in [0.25, 0.3) is 0 Å². The highest BCUT2D eigenvalue weighted by Crippen LogP contribution is 2.22. The Kier molecular flexibility index (Phi) is 4.54. The average molecular weight is 284 g/mol. The minimum Gasteiger partial charge on any atom is -0.393 e. The second-order valence-corrected chi connectivity index (χ2v) is 5.04. The fourth-order valence-electron chi connectivity index (χ4n) is 2.43. The van der Waals surface area contributed by atoms with Crippen LogP contribution in [0.15, 0.2) is 12.1 Å². The molecule has 0 aromatic heterocycles. The second kappa shape index (κ2) is 6.17. The number of hydrogen-bond donors (Lipinski definition) is 3. The predicted octanol–water partition coefficient (Wildman–Crippen LogP) is 2.04. The summed E-state index contributed by atoms with van der Waals surface area (Å²) in [5, 5.41) is 14.5. The molecule has 1 amide bonds. The highest BCUT2D eigenvalue weighted by atomic mass is 19.1. The van der Waals surface area contributed by atoms with Crippen LogP contribution in [0.3, 0.4) is 0 Å². The molecule has 0 aliphatic heterocycles. The number of rotatable bonds is 3. The van der Waals surface area contributed by atoms with E-state index in [2.05, 4.69) is 10.6 Å². The number of hydrogen-bond acceptors (Lipinski definition) is 3. The van der Waals surface area contributed by atoms with Crippen molar-refractivity contribution in [3.8, 4) is 0 Å². The molecule has 0 heterocycles. The molecule has 1 aromatic rings. The van der Waals surface area contributed by atoms with Crippen LogP contribution in [0.1, 0.15) is 36.0 Å². The van der Waals surface area contributed by atoms with Gasteiger partial charge in [-0.2, -0.15) is 0 Å². The minimum atomic E-state index is -0.795. The Bertz CT molecular complexity index is 477. The Morgan fingerprint density at radius 3 is 2.25 bits per heavy atom. The molecule has 3 N–H and O–H groups in total. The predicted molar refractivity (Wildman–Crippen MR) is 71.6 cm³/mol. The van der Waals surface area contributed by atoms with Crippen molar-refractivity contribution in [1.29, 1.82) is 0 Å². The lowest BCUT2D eigenvalue weighted by Crippen LogP contribution is -2.38. The van der Waals surface area contributed by atoms with Crippen molar-refractivity contribution in [2.45, 2.75) is 37.8 Å². The molecule has 0 spiro atoms. The topological polar surface area (TPSA) is 61.4 Å². The van der Waals surface area contributed by atoms with Gasteiger partial charge in [-0.25, -0.2) is 8.78 Å². The average Bonchev–Trinajstić information content (AvgIpc) is 2.41. The molecule has 1 fully saturated rings. The van der Waals surface area contributed by atoms with Gasteiger partial charge in [-0.15, -0.1) is 0 Å². The number of nitrogens with one attached hydrogen (secondary N) is 2. The highest BCUT2D eigenvalue weighted by molar-refractivity contribution is 5.94. The molecule has 1 aromatic carbocycles. The van der Waals surface area contributed by atoms with Gasteiger partial charge in [-0.3, -0.25) is 4.79 Å². The third-order valence-corrected chi connectivity index (χ3v) is 3.59. The van der Waals surface area contributed by atoms with E-state index >= 15 is 0 Å². The highest BCUT2D eigenvalue weighted by Gasteiger charge is 2.22. The zero-order chi connectivity index (χ0) is 14.7. The first-order chi connectivity index (χ1) is 9.51. The van der Waals surface area contributed by atoms with E-state index in [4.69, 9.17) is 0 Å². The SMILES string of the molecule is CNc1c(F)cc(C(=O)NC2CCC(O)CC2)cc1F. The number of carbonyl (C=O) groups is 1. The van der Waals surface area contributed by atoms with Gasteiger partial charge in [0.2, 0.25) is 0 Å². The molecule has 20 heavy (non-hydrogen) atoms. The first kappa shape index (κ1) is 14.7. The smallest absolute Gasteiger partial charge is 0.251 e. The molecular weight excluding hydrogens is 266 g/mol. The second-order valence-electron chi connectivity index (χ2n) is 5.04. The van der Waals surface area contributed by atoms with Crippen molar-refractivity contribution < 1.29 is 18.7 Å². The Balaban J connectivity index is 2.06. The van der Waals surface area contributed by atoms with Crippen LogP contribution in [-0.4, -0.2) is 30.2 Å². The number of halogens is 2. The van der Waals surface area contributed by atoms with Gasteiger partial charge in [-0.1, -0.05) is 0 Å². The summed E-state index contributed by atoms with van der Waals surface area (Å²) in [5.74, 6) is -2.08. The zero-order valence-corrected chi connectivity index (χ0v) is 11.2. The standard InChI is InChI=1S/C14H18F2N2O2/c1-17-13-11(15)6-8(7-12(13)16)14(20)18-9-2-4-10(19)5-3-9/h6-7,9-10,17,19H,2-5H2,1H3,(H,18,20). The lowest BCUT2D eigenvalue weighted by molar-refractivity contribution is 0.0867. The molecule has 2 rings (SSSR count). The maximum atomic E-state index is 13.6. The van der Waals surface area contributed by atoms with Crippen LogP contribution < -0.4 is 10.6 Å². The van der Waals surface area contributed by atoms with Crippen LogP contribution in [-0.2, 0) is 0 Å². The molecule has 0 bridgehead atoms. The van der Waals surface area contributed by atoms with E-state index < -0.39 is 17.5 Å². The fourth-order valence-corrected chi connectivity index (χ4v) is 2.43. The van der Waals surface area contributed by atoms with E-state index in [-0.39, 0.29) is 23.4 Å². The summed E-state index contributed by atoms with van der Waals surface area (Å²) in [7, 11) is 1.41. The molecule has 110 valence electrons. The molecule has 1 aliphatic carbocycles. The van der Waals surface area contributed by atoms with Crippen LogP contribution in [0.4, 0.5) is 14.5 Å². The van der Waals surface area contributed by atoms with Crippen molar-refractivity contribution >= 4 is 11.6 Å². The molecule has 4 nitrogen and oxygen atoms in total. The third-order valence-electron chi connectivity index (χ3n) is 3.59. The van der Waals surface area contributed by atoms with Gasteiger partial charge in [0.15, 0.2) is 0 Å². The van der Waals surface area contributed by atoms with Crippen LogP contribution in [0, 0.1) is 11.6 Å². The Hall–Kier alpha value is -1.69. The number of aliphatic hydroxyl groups is 1. The van der Waals surface area contributed by atoms with Gasteiger partial charge in [0.05, 0.1) is 6.10 Å². The van der Waals surface area contributed by atoms with Gasteiger partial charge in [0.1, 0.15) is 17.3 Å². The van der Waals surface area contributed by atoms with Gasteiger partial charge in [0.25, 0.3) is 5.91 Å². The number of amides is 1.